The molecule has 1 unspecified atom stereocenters. The van der Waals surface area contributed by atoms with Gasteiger partial charge in [-0.25, -0.2) is 0 Å². The molecule has 1 aromatic rings. The summed E-state index contributed by atoms with van der Waals surface area (Å²) in [6.45, 7) is 4.09. The van der Waals surface area contributed by atoms with E-state index in [0.29, 0.717) is 6.54 Å². The van der Waals surface area contributed by atoms with Gasteiger partial charge in [0.25, 0.3) is 0 Å². The van der Waals surface area contributed by atoms with Crippen LogP contribution in [-0.2, 0) is 4.79 Å². The van der Waals surface area contributed by atoms with Crippen LogP contribution in [0.2, 0.25) is 0 Å². The van der Waals surface area contributed by atoms with Gasteiger partial charge in [0.05, 0.1) is 18.3 Å². The molecule has 2 rings (SSSR count). The molecule has 0 spiro atoms. The minimum absolute atomic E-state index is 0.0778. The largest absolute Gasteiger partial charge is 0.359 e. The number of aryl methyl sites for hydroxylation is 1. The smallest absolute Gasteiger partial charge is 0.239 e. The lowest BCUT2D eigenvalue weighted by Crippen LogP contribution is -2.57. The third-order valence-electron chi connectivity index (χ3n) is 3.03. The molecule has 1 atom stereocenters. The summed E-state index contributed by atoms with van der Waals surface area (Å²) < 4.78 is 1.04. The maximum Gasteiger partial charge on any atom is 0.239 e. The zero-order chi connectivity index (χ0) is 13.1. The van der Waals surface area contributed by atoms with E-state index in [1.54, 1.807) is 0 Å². The lowest BCUT2D eigenvalue weighted by Gasteiger charge is -2.35. The molecule has 5 heteroatoms. The van der Waals surface area contributed by atoms with Gasteiger partial charge in [-0.05, 0) is 47.6 Å². The van der Waals surface area contributed by atoms with Crippen molar-refractivity contribution in [2.45, 2.75) is 13.0 Å². The van der Waals surface area contributed by atoms with Crippen molar-refractivity contribution in [1.82, 2.24) is 10.6 Å². The number of rotatable bonds is 3. The molecule has 1 aliphatic heterocycles. The third-order valence-corrected chi connectivity index (χ3v) is 3.67. The minimum atomic E-state index is 0.0778. The molecule has 98 valence electrons. The molecule has 0 aromatic heterocycles. The van der Waals surface area contributed by atoms with Gasteiger partial charge in [-0.1, -0.05) is 6.07 Å². The summed E-state index contributed by atoms with van der Waals surface area (Å²) >= 11 is 3.57. The van der Waals surface area contributed by atoms with E-state index in [2.05, 4.69) is 56.6 Å². The molecule has 18 heavy (non-hydrogen) atoms. The van der Waals surface area contributed by atoms with Gasteiger partial charge >= 0.3 is 0 Å². The lowest BCUT2D eigenvalue weighted by atomic mass is 10.1. The van der Waals surface area contributed by atoms with E-state index in [4.69, 9.17) is 0 Å². The molecule has 1 aromatic carbocycles. The summed E-state index contributed by atoms with van der Waals surface area (Å²) in [6.07, 6.45) is 0. The van der Waals surface area contributed by atoms with Crippen molar-refractivity contribution in [1.29, 1.82) is 0 Å². The Morgan fingerprint density at radius 3 is 3.00 bits per heavy atom. The Morgan fingerprint density at radius 1 is 1.56 bits per heavy atom. The number of nitrogens with zero attached hydrogens (tertiary/aromatic N) is 1. The zero-order valence-corrected chi connectivity index (χ0v) is 12.3. The van der Waals surface area contributed by atoms with Gasteiger partial charge in [0, 0.05) is 17.6 Å². The number of hydrogen-bond donors (Lipinski definition) is 2. The summed E-state index contributed by atoms with van der Waals surface area (Å²) in [6, 6.07) is 6.37. The summed E-state index contributed by atoms with van der Waals surface area (Å²) in [4.78, 5) is 13.8. The number of amides is 1. The van der Waals surface area contributed by atoms with Crippen LogP contribution in [0.15, 0.2) is 22.7 Å². The lowest BCUT2D eigenvalue weighted by molar-refractivity contribution is -0.121. The molecule has 1 saturated heterocycles. The molecule has 0 saturated carbocycles. The fraction of sp³-hybridized carbons (Fsp3) is 0.462. The highest BCUT2D eigenvalue weighted by molar-refractivity contribution is 9.10. The van der Waals surface area contributed by atoms with Gasteiger partial charge in [-0.2, -0.15) is 0 Å². The third kappa shape index (κ3) is 3.03. The van der Waals surface area contributed by atoms with Gasteiger partial charge in [-0.3, -0.25) is 4.79 Å². The van der Waals surface area contributed by atoms with Crippen molar-refractivity contribution in [3.63, 3.8) is 0 Å². The number of halogens is 1. The van der Waals surface area contributed by atoms with Crippen molar-refractivity contribution >= 4 is 27.5 Å². The molecule has 1 aliphatic rings. The fourth-order valence-corrected chi connectivity index (χ4v) is 2.98. The predicted octanol–water partition coefficient (Wildman–Crippen LogP) is 1.28. The molecule has 4 nitrogen and oxygen atoms in total. The number of hydrogen-bond acceptors (Lipinski definition) is 3. The standard InChI is InChI=1S/C13H18BrN3O/c1-9-3-4-12(11(14)5-9)17-7-10(6-15-2)16-13(18)8-17/h3-5,10,15H,6-8H2,1-2H3,(H,16,18). The van der Waals surface area contributed by atoms with Gasteiger partial charge in [0.2, 0.25) is 5.91 Å². The first-order chi connectivity index (χ1) is 8.60. The summed E-state index contributed by atoms with van der Waals surface area (Å²) in [5.74, 6) is 0.0778. The first kappa shape index (κ1) is 13.4. The van der Waals surface area contributed by atoms with Crippen LogP contribution >= 0.6 is 15.9 Å². The average molecular weight is 312 g/mol. The summed E-state index contributed by atoms with van der Waals surface area (Å²) in [5, 5.41) is 6.09. The summed E-state index contributed by atoms with van der Waals surface area (Å²) in [7, 11) is 1.90. The van der Waals surface area contributed by atoms with Crippen LogP contribution in [0.5, 0.6) is 0 Å². The Hall–Kier alpha value is -1.07. The Labute approximate surface area is 116 Å². The number of nitrogens with one attached hydrogen (secondary N) is 2. The van der Waals surface area contributed by atoms with Crippen molar-refractivity contribution in [3.05, 3.63) is 28.2 Å². The number of piperazine rings is 1. The molecule has 1 heterocycles. The highest BCUT2D eigenvalue weighted by Gasteiger charge is 2.25. The number of anilines is 1. The highest BCUT2D eigenvalue weighted by atomic mass is 79.9. The van der Waals surface area contributed by atoms with Crippen LogP contribution in [0.4, 0.5) is 5.69 Å². The second-order valence-electron chi connectivity index (χ2n) is 4.66. The normalized spacial score (nSPS) is 19.8. The van der Waals surface area contributed by atoms with E-state index in [0.717, 1.165) is 23.2 Å². The Bertz CT molecular complexity index is 450. The first-order valence-corrected chi connectivity index (χ1v) is 6.84. The van der Waals surface area contributed by atoms with Crippen LogP contribution in [0.25, 0.3) is 0 Å². The first-order valence-electron chi connectivity index (χ1n) is 6.05. The molecular weight excluding hydrogens is 294 g/mol. The molecule has 1 fully saturated rings. The molecule has 1 amide bonds. The number of benzene rings is 1. The van der Waals surface area contributed by atoms with Crippen LogP contribution in [0.1, 0.15) is 5.56 Å². The Kier molecular flexibility index (Phi) is 4.24. The molecule has 0 radical (unpaired) electrons. The second-order valence-corrected chi connectivity index (χ2v) is 5.51. The average Bonchev–Trinajstić information content (AvgIpc) is 2.28. The second kappa shape index (κ2) is 5.71. The molecule has 0 bridgehead atoms. The predicted molar refractivity (Wildman–Crippen MR) is 76.9 cm³/mol. The summed E-state index contributed by atoms with van der Waals surface area (Å²) in [5.41, 5.74) is 2.29. The van der Waals surface area contributed by atoms with E-state index in [1.165, 1.54) is 5.56 Å². The van der Waals surface area contributed by atoms with Crippen molar-refractivity contribution in [3.8, 4) is 0 Å². The van der Waals surface area contributed by atoms with Crippen molar-refractivity contribution in [2.24, 2.45) is 0 Å². The Balaban J connectivity index is 2.18. The van der Waals surface area contributed by atoms with Crippen LogP contribution in [0, 0.1) is 6.92 Å². The maximum absolute atomic E-state index is 11.7. The number of likely N-dealkylation sites (N-methyl/N-ethyl adjacent to an activating group) is 1. The molecule has 2 N–H and O–H groups in total. The Morgan fingerprint density at radius 2 is 2.33 bits per heavy atom. The molecule has 0 aliphatic carbocycles. The van der Waals surface area contributed by atoms with Crippen LogP contribution in [0.3, 0.4) is 0 Å². The van der Waals surface area contributed by atoms with Crippen LogP contribution < -0.4 is 15.5 Å². The van der Waals surface area contributed by atoms with E-state index < -0.39 is 0 Å². The van der Waals surface area contributed by atoms with Gasteiger partial charge in [0.1, 0.15) is 0 Å². The van der Waals surface area contributed by atoms with Gasteiger partial charge in [-0.15, -0.1) is 0 Å². The van der Waals surface area contributed by atoms with E-state index >= 15 is 0 Å². The number of carbonyl (C=O) groups is 1. The van der Waals surface area contributed by atoms with Gasteiger partial charge < -0.3 is 15.5 Å². The van der Waals surface area contributed by atoms with E-state index in [1.807, 2.05) is 7.05 Å². The zero-order valence-electron chi connectivity index (χ0n) is 10.7. The minimum Gasteiger partial charge on any atom is -0.359 e. The maximum atomic E-state index is 11.7. The highest BCUT2D eigenvalue weighted by Crippen LogP contribution is 2.28. The van der Waals surface area contributed by atoms with E-state index in [-0.39, 0.29) is 11.9 Å². The molecular formula is C13H18BrN3O. The monoisotopic (exact) mass is 311 g/mol. The number of carbonyl (C=O) groups excluding carboxylic acids is 1. The topological polar surface area (TPSA) is 44.4 Å². The van der Waals surface area contributed by atoms with Crippen molar-refractivity contribution < 1.29 is 4.79 Å². The quantitative estimate of drug-likeness (QED) is 0.884. The van der Waals surface area contributed by atoms with E-state index in [9.17, 15) is 4.79 Å². The SMILES string of the molecule is CNCC1CN(c2ccc(C)cc2Br)CC(=O)N1. The van der Waals surface area contributed by atoms with Crippen molar-refractivity contribution in [2.75, 3.05) is 31.6 Å². The fourth-order valence-electron chi connectivity index (χ4n) is 2.24. The van der Waals surface area contributed by atoms with Crippen LogP contribution in [-0.4, -0.2) is 38.6 Å². The van der Waals surface area contributed by atoms with Gasteiger partial charge in [0.15, 0.2) is 0 Å².